The number of halogens is 1. The van der Waals surface area contributed by atoms with Gasteiger partial charge in [-0.15, -0.1) is 5.10 Å². The van der Waals surface area contributed by atoms with Gasteiger partial charge in [-0.1, -0.05) is 34.6 Å². The first-order valence-electron chi connectivity index (χ1n) is 9.58. The van der Waals surface area contributed by atoms with Crippen molar-refractivity contribution >= 4 is 0 Å². The van der Waals surface area contributed by atoms with Crippen molar-refractivity contribution < 1.29 is 18.4 Å². The number of aromatic nitrogens is 5. The van der Waals surface area contributed by atoms with Crippen molar-refractivity contribution in [1.82, 2.24) is 25.1 Å². The molecule has 0 bridgehead atoms. The molecule has 152 valence electrons. The lowest BCUT2D eigenvalue weighted by Crippen LogP contribution is -2.22. The number of hydrogen-bond donors (Lipinski definition) is 0. The molecular weight excluding hydrogens is 389 g/mol. The highest BCUT2D eigenvalue weighted by atomic mass is 19.1. The zero-order chi connectivity index (χ0) is 20.5. The summed E-state index contributed by atoms with van der Waals surface area (Å²) in [5.41, 5.74) is 2.78. The van der Waals surface area contributed by atoms with Gasteiger partial charge in [0.25, 0.3) is 5.89 Å². The smallest absolute Gasteiger partial charge is 0.280 e. The summed E-state index contributed by atoms with van der Waals surface area (Å²) in [7, 11) is 0. The zero-order valence-electron chi connectivity index (χ0n) is 16.2. The Morgan fingerprint density at radius 2 is 2.07 bits per heavy atom. The van der Waals surface area contributed by atoms with Gasteiger partial charge in [-0.05, 0) is 36.8 Å². The maximum atomic E-state index is 13.5. The quantitative estimate of drug-likeness (QED) is 0.497. The lowest BCUT2D eigenvalue weighted by molar-refractivity contribution is -0.00119. The van der Waals surface area contributed by atoms with Crippen molar-refractivity contribution in [3.63, 3.8) is 0 Å². The monoisotopic (exact) mass is 407 g/mol. The molecule has 2 aromatic heterocycles. The lowest BCUT2D eigenvalue weighted by atomic mass is 10.1. The fourth-order valence-corrected chi connectivity index (χ4v) is 3.39. The summed E-state index contributed by atoms with van der Waals surface area (Å²) in [5.74, 6) is 0.966. The van der Waals surface area contributed by atoms with Gasteiger partial charge in [0.2, 0.25) is 5.82 Å². The predicted molar refractivity (Wildman–Crippen MR) is 104 cm³/mol. The normalized spacial score (nSPS) is 15.7. The molecule has 0 fully saturated rings. The first kappa shape index (κ1) is 18.4. The first-order valence-corrected chi connectivity index (χ1v) is 9.58. The third kappa shape index (κ3) is 3.43. The van der Waals surface area contributed by atoms with Gasteiger partial charge < -0.3 is 14.0 Å². The van der Waals surface area contributed by atoms with Crippen LogP contribution in [0, 0.1) is 5.82 Å². The Balaban J connectivity index is 1.36. The highest BCUT2D eigenvalue weighted by molar-refractivity contribution is 5.58. The summed E-state index contributed by atoms with van der Waals surface area (Å²) in [4.78, 5) is 4.35. The molecule has 5 rings (SSSR count). The van der Waals surface area contributed by atoms with E-state index < -0.39 is 0 Å². The molecule has 1 atom stereocenters. The second-order valence-corrected chi connectivity index (χ2v) is 6.80. The van der Waals surface area contributed by atoms with Crippen LogP contribution in [0.15, 0.2) is 53.1 Å². The molecule has 0 N–H and O–H groups in total. The highest BCUT2D eigenvalue weighted by Gasteiger charge is 2.28. The number of ether oxygens (including phenoxy) is 2. The molecule has 0 saturated heterocycles. The Hall–Kier alpha value is -3.59. The molecule has 3 heterocycles. The van der Waals surface area contributed by atoms with Gasteiger partial charge in [-0.3, -0.25) is 0 Å². The molecule has 0 aliphatic carbocycles. The van der Waals surface area contributed by atoms with E-state index in [1.54, 1.807) is 16.8 Å². The Morgan fingerprint density at radius 3 is 2.87 bits per heavy atom. The van der Waals surface area contributed by atoms with E-state index in [1.807, 2.05) is 31.2 Å². The van der Waals surface area contributed by atoms with Crippen molar-refractivity contribution in [1.29, 1.82) is 0 Å². The Labute approximate surface area is 171 Å². The molecule has 8 nitrogen and oxygen atoms in total. The zero-order valence-corrected chi connectivity index (χ0v) is 16.2. The molecule has 0 spiro atoms. The first-order chi connectivity index (χ1) is 14.7. The summed E-state index contributed by atoms with van der Waals surface area (Å²) in [5, 5.41) is 12.4. The molecule has 0 unspecified atom stereocenters. The van der Waals surface area contributed by atoms with Crippen LogP contribution in [0.2, 0.25) is 0 Å². The van der Waals surface area contributed by atoms with Gasteiger partial charge in [0.1, 0.15) is 17.7 Å². The number of benzene rings is 2. The largest absolute Gasteiger partial charge is 0.494 e. The van der Waals surface area contributed by atoms with Gasteiger partial charge in [-0.2, -0.15) is 4.98 Å². The van der Waals surface area contributed by atoms with Crippen molar-refractivity contribution in [2.45, 2.75) is 26.2 Å². The highest BCUT2D eigenvalue weighted by Crippen LogP contribution is 2.31. The molecule has 1 aliphatic heterocycles. The molecule has 1 aliphatic rings. The van der Waals surface area contributed by atoms with Crippen LogP contribution in [0.25, 0.3) is 23.0 Å². The van der Waals surface area contributed by atoms with Gasteiger partial charge in [0.05, 0.1) is 25.5 Å². The third-order valence-corrected chi connectivity index (χ3v) is 4.87. The Bertz CT molecular complexity index is 1170. The molecule has 2 aromatic carbocycles. The summed E-state index contributed by atoms with van der Waals surface area (Å²) in [6, 6.07) is 13.8. The number of hydrogen-bond acceptors (Lipinski definition) is 7. The maximum absolute atomic E-state index is 13.5. The van der Waals surface area contributed by atoms with Crippen LogP contribution in [-0.4, -0.2) is 31.7 Å². The lowest BCUT2D eigenvalue weighted by Gasteiger charge is -2.24. The molecule has 9 heteroatoms. The number of rotatable bonds is 5. The number of nitrogens with zero attached hydrogens (tertiary/aromatic N) is 5. The average Bonchev–Trinajstić information content (AvgIpc) is 3.41. The molecule has 30 heavy (non-hydrogen) atoms. The summed E-state index contributed by atoms with van der Waals surface area (Å²) in [6.07, 6.45) is -0.145. The van der Waals surface area contributed by atoms with Gasteiger partial charge in [-0.25, -0.2) is 9.07 Å². The van der Waals surface area contributed by atoms with Crippen LogP contribution >= 0.6 is 0 Å². The van der Waals surface area contributed by atoms with Gasteiger partial charge in [0, 0.05) is 5.56 Å². The Morgan fingerprint density at radius 1 is 1.20 bits per heavy atom. The van der Waals surface area contributed by atoms with Crippen LogP contribution in [0.5, 0.6) is 5.75 Å². The number of fused-ring (bicyclic) bond motifs is 1. The molecule has 0 radical (unpaired) electrons. The van der Waals surface area contributed by atoms with Crippen molar-refractivity contribution in [2.24, 2.45) is 0 Å². The maximum Gasteiger partial charge on any atom is 0.280 e. The minimum atomic E-state index is -0.367. The summed E-state index contributed by atoms with van der Waals surface area (Å²) in [6.45, 7) is 3.40. The minimum Gasteiger partial charge on any atom is -0.494 e. The van der Waals surface area contributed by atoms with E-state index in [1.165, 1.54) is 12.1 Å². The van der Waals surface area contributed by atoms with Crippen LogP contribution in [0.4, 0.5) is 4.39 Å². The van der Waals surface area contributed by atoms with E-state index in [2.05, 4.69) is 20.5 Å². The van der Waals surface area contributed by atoms with Crippen molar-refractivity contribution in [2.75, 3.05) is 6.61 Å². The van der Waals surface area contributed by atoms with Crippen LogP contribution in [-0.2, 0) is 17.9 Å². The predicted octanol–water partition coefficient (Wildman–Crippen LogP) is 3.80. The molecule has 4 aromatic rings. The van der Waals surface area contributed by atoms with E-state index >= 15 is 0 Å². The van der Waals surface area contributed by atoms with Crippen LogP contribution < -0.4 is 4.74 Å². The van der Waals surface area contributed by atoms with E-state index in [-0.39, 0.29) is 23.6 Å². The molecule has 0 amide bonds. The third-order valence-electron chi connectivity index (χ3n) is 4.87. The molecular formula is C21H18FN5O3. The topological polar surface area (TPSA) is 88.1 Å². The second-order valence-electron chi connectivity index (χ2n) is 6.80. The van der Waals surface area contributed by atoms with E-state index in [0.29, 0.717) is 31.0 Å². The summed E-state index contributed by atoms with van der Waals surface area (Å²) < 4.78 is 32.1. The van der Waals surface area contributed by atoms with Crippen molar-refractivity contribution in [3.05, 3.63) is 65.6 Å². The second kappa shape index (κ2) is 7.68. The standard InChI is InChI=1S/C21H18FN5O3/c1-2-28-16-8-6-13(7-9-16)18-11-27-17(12-29-18)19(24-26-27)21-23-20(25-30-21)14-4-3-5-15(22)10-14/h3-10,18H,2,11-12H2,1H3/t18-/m1/s1. The summed E-state index contributed by atoms with van der Waals surface area (Å²) >= 11 is 0. The molecule has 0 saturated carbocycles. The minimum absolute atomic E-state index is 0.145. The van der Waals surface area contributed by atoms with E-state index in [9.17, 15) is 4.39 Å². The van der Waals surface area contributed by atoms with Gasteiger partial charge >= 0.3 is 0 Å². The SMILES string of the molecule is CCOc1ccc([C@H]2Cn3nnc(-c4nc(-c5cccc(F)c5)no4)c3CO2)cc1. The fraction of sp³-hybridized carbons (Fsp3) is 0.238. The van der Waals surface area contributed by atoms with Crippen molar-refractivity contribution in [3.8, 4) is 28.7 Å². The van der Waals surface area contributed by atoms with Crippen LogP contribution in [0.1, 0.15) is 24.3 Å². The van der Waals surface area contributed by atoms with E-state index in [0.717, 1.165) is 17.0 Å². The van der Waals surface area contributed by atoms with E-state index in [4.69, 9.17) is 14.0 Å². The Kier molecular flexibility index (Phi) is 4.72. The van der Waals surface area contributed by atoms with Gasteiger partial charge in [0.15, 0.2) is 5.69 Å². The fourth-order valence-electron chi connectivity index (χ4n) is 3.39. The average molecular weight is 407 g/mol. The van der Waals surface area contributed by atoms with Crippen LogP contribution in [0.3, 0.4) is 0 Å².